The van der Waals surface area contributed by atoms with E-state index in [4.69, 9.17) is 10.5 Å². The molecule has 16 heavy (non-hydrogen) atoms. The first-order valence-electron chi connectivity index (χ1n) is 5.32. The standard InChI is InChI=1S/C11H15N3O2/c1-13-11(15)9-6-14-5-7(4-12)10(9)16-8-2-3-8/h5-6,8H,2-4,12H2,1H3,(H,13,15). The molecule has 0 unspecified atom stereocenters. The molecular formula is C11H15N3O2. The number of hydrogen-bond donors (Lipinski definition) is 2. The van der Waals surface area contributed by atoms with Crippen LogP contribution in [0.5, 0.6) is 5.75 Å². The Hall–Kier alpha value is -1.62. The van der Waals surface area contributed by atoms with Crippen LogP contribution in [0.2, 0.25) is 0 Å². The first kappa shape index (κ1) is 10.9. The van der Waals surface area contributed by atoms with Crippen LogP contribution >= 0.6 is 0 Å². The minimum Gasteiger partial charge on any atom is -0.489 e. The number of nitrogens with two attached hydrogens (primary N) is 1. The van der Waals surface area contributed by atoms with Gasteiger partial charge in [0.15, 0.2) is 0 Å². The zero-order chi connectivity index (χ0) is 11.5. The summed E-state index contributed by atoms with van der Waals surface area (Å²) in [5.74, 6) is 0.387. The predicted molar refractivity (Wildman–Crippen MR) is 59.2 cm³/mol. The van der Waals surface area contributed by atoms with Crippen molar-refractivity contribution in [2.75, 3.05) is 7.05 Å². The van der Waals surface area contributed by atoms with Gasteiger partial charge >= 0.3 is 0 Å². The van der Waals surface area contributed by atoms with E-state index in [-0.39, 0.29) is 12.0 Å². The molecule has 3 N–H and O–H groups in total. The lowest BCUT2D eigenvalue weighted by molar-refractivity contribution is 0.0958. The molecule has 2 rings (SSSR count). The molecule has 0 saturated heterocycles. The number of nitrogens with zero attached hydrogens (tertiary/aromatic N) is 1. The Labute approximate surface area is 94.0 Å². The summed E-state index contributed by atoms with van der Waals surface area (Å²) in [6.45, 7) is 0.319. The molecule has 0 aromatic carbocycles. The highest BCUT2D eigenvalue weighted by Gasteiger charge is 2.27. The molecule has 1 saturated carbocycles. The molecule has 1 aromatic heterocycles. The van der Waals surface area contributed by atoms with Gasteiger partial charge in [-0.15, -0.1) is 0 Å². The lowest BCUT2D eigenvalue weighted by Gasteiger charge is -2.13. The van der Waals surface area contributed by atoms with Gasteiger partial charge in [0.2, 0.25) is 0 Å². The van der Waals surface area contributed by atoms with Crippen LogP contribution in [0, 0.1) is 0 Å². The summed E-state index contributed by atoms with van der Waals surface area (Å²) >= 11 is 0. The minimum absolute atomic E-state index is 0.196. The number of pyridine rings is 1. The molecule has 1 aliphatic carbocycles. The molecule has 0 radical (unpaired) electrons. The van der Waals surface area contributed by atoms with Gasteiger partial charge in [-0.3, -0.25) is 9.78 Å². The second-order valence-electron chi connectivity index (χ2n) is 3.78. The van der Waals surface area contributed by atoms with E-state index in [9.17, 15) is 4.79 Å². The van der Waals surface area contributed by atoms with Crippen molar-refractivity contribution in [1.29, 1.82) is 0 Å². The monoisotopic (exact) mass is 221 g/mol. The quantitative estimate of drug-likeness (QED) is 0.773. The third-order valence-corrected chi connectivity index (χ3v) is 2.47. The molecule has 1 amide bonds. The number of carbonyl (C=O) groups is 1. The van der Waals surface area contributed by atoms with Crippen LogP contribution in [-0.4, -0.2) is 24.0 Å². The van der Waals surface area contributed by atoms with Gasteiger partial charge < -0.3 is 15.8 Å². The van der Waals surface area contributed by atoms with E-state index in [1.54, 1.807) is 13.2 Å². The van der Waals surface area contributed by atoms with Crippen molar-refractivity contribution in [2.45, 2.75) is 25.5 Å². The second-order valence-corrected chi connectivity index (χ2v) is 3.78. The van der Waals surface area contributed by atoms with Gasteiger partial charge in [-0.2, -0.15) is 0 Å². The number of aromatic nitrogens is 1. The molecule has 1 aliphatic rings. The Bertz CT molecular complexity index is 402. The van der Waals surface area contributed by atoms with Crippen LogP contribution in [0.4, 0.5) is 0 Å². The SMILES string of the molecule is CNC(=O)c1cncc(CN)c1OC1CC1. The summed E-state index contributed by atoms with van der Waals surface area (Å²) in [6.07, 6.45) is 5.47. The fourth-order valence-electron chi connectivity index (χ4n) is 1.43. The van der Waals surface area contributed by atoms with Crippen LogP contribution in [0.15, 0.2) is 12.4 Å². The maximum atomic E-state index is 11.6. The first-order valence-corrected chi connectivity index (χ1v) is 5.32. The van der Waals surface area contributed by atoms with E-state index < -0.39 is 0 Å². The van der Waals surface area contributed by atoms with Crippen molar-refractivity contribution in [3.63, 3.8) is 0 Å². The van der Waals surface area contributed by atoms with E-state index in [0.29, 0.717) is 17.9 Å². The summed E-state index contributed by atoms with van der Waals surface area (Å²) in [7, 11) is 1.58. The molecule has 0 atom stereocenters. The number of rotatable bonds is 4. The summed E-state index contributed by atoms with van der Waals surface area (Å²) in [5, 5.41) is 2.57. The third kappa shape index (κ3) is 2.14. The highest BCUT2D eigenvalue weighted by atomic mass is 16.5. The molecule has 0 spiro atoms. The Morgan fingerprint density at radius 1 is 1.62 bits per heavy atom. The summed E-state index contributed by atoms with van der Waals surface area (Å²) in [5.41, 5.74) is 6.83. The molecule has 0 bridgehead atoms. The lowest BCUT2D eigenvalue weighted by Crippen LogP contribution is -2.20. The number of hydrogen-bond acceptors (Lipinski definition) is 4. The third-order valence-electron chi connectivity index (χ3n) is 2.47. The van der Waals surface area contributed by atoms with E-state index in [2.05, 4.69) is 10.3 Å². The van der Waals surface area contributed by atoms with E-state index in [0.717, 1.165) is 18.4 Å². The molecule has 1 fully saturated rings. The molecule has 5 nitrogen and oxygen atoms in total. The molecule has 0 aliphatic heterocycles. The summed E-state index contributed by atoms with van der Waals surface area (Å²) < 4.78 is 5.72. The Morgan fingerprint density at radius 2 is 2.38 bits per heavy atom. The highest BCUT2D eigenvalue weighted by Crippen LogP contribution is 2.31. The van der Waals surface area contributed by atoms with Gasteiger partial charge in [0, 0.05) is 31.5 Å². The van der Waals surface area contributed by atoms with Gasteiger partial charge in [-0.25, -0.2) is 0 Å². The van der Waals surface area contributed by atoms with Crippen LogP contribution in [0.3, 0.4) is 0 Å². The number of carbonyl (C=O) groups excluding carboxylic acids is 1. The zero-order valence-electron chi connectivity index (χ0n) is 9.19. The van der Waals surface area contributed by atoms with Crippen molar-refractivity contribution >= 4 is 5.91 Å². The molecule has 1 aromatic rings. The number of ether oxygens (including phenoxy) is 1. The minimum atomic E-state index is -0.196. The van der Waals surface area contributed by atoms with Crippen LogP contribution in [0.25, 0.3) is 0 Å². The van der Waals surface area contributed by atoms with Gasteiger partial charge in [0.1, 0.15) is 5.75 Å². The lowest BCUT2D eigenvalue weighted by atomic mass is 10.1. The normalized spacial score (nSPS) is 14.6. The number of amides is 1. The molecule has 1 heterocycles. The largest absolute Gasteiger partial charge is 0.489 e. The maximum absolute atomic E-state index is 11.6. The van der Waals surface area contributed by atoms with Crippen LogP contribution in [0.1, 0.15) is 28.8 Å². The van der Waals surface area contributed by atoms with Gasteiger partial charge in [0.25, 0.3) is 5.91 Å². The predicted octanol–water partition coefficient (Wildman–Crippen LogP) is 0.441. The topological polar surface area (TPSA) is 77.2 Å². The highest BCUT2D eigenvalue weighted by molar-refractivity contribution is 5.96. The van der Waals surface area contributed by atoms with Crippen molar-refractivity contribution in [2.24, 2.45) is 5.73 Å². The van der Waals surface area contributed by atoms with E-state index >= 15 is 0 Å². The number of nitrogens with one attached hydrogen (secondary N) is 1. The maximum Gasteiger partial charge on any atom is 0.256 e. The Morgan fingerprint density at radius 3 is 2.94 bits per heavy atom. The molecule has 86 valence electrons. The fourth-order valence-corrected chi connectivity index (χ4v) is 1.43. The van der Waals surface area contributed by atoms with Crippen LogP contribution in [-0.2, 0) is 6.54 Å². The smallest absolute Gasteiger partial charge is 0.256 e. The zero-order valence-corrected chi connectivity index (χ0v) is 9.19. The van der Waals surface area contributed by atoms with Gasteiger partial charge in [-0.1, -0.05) is 0 Å². The average Bonchev–Trinajstić information content (AvgIpc) is 3.12. The van der Waals surface area contributed by atoms with E-state index in [1.807, 2.05) is 0 Å². The molecule has 5 heteroatoms. The van der Waals surface area contributed by atoms with Gasteiger partial charge in [-0.05, 0) is 12.8 Å². The Balaban J connectivity index is 2.36. The average molecular weight is 221 g/mol. The summed E-state index contributed by atoms with van der Waals surface area (Å²) in [6, 6.07) is 0. The van der Waals surface area contributed by atoms with Crippen LogP contribution < -0.4 is 15.8 Å². The van der Waals surface area contributed by atoms with Gasteiger partial charge in [0.05, 0.1) is 11.7 Å². The van der Waals surface area contributed by atoms with Crippen molar-refractivity contribution in [3.8, 4) is 5.75 Å². The first-order chi connectivity index (χ1) is 7.76. The summed E-state index contributed by atoms with van der Waals surface area (Å²) in [4.78, 5) is 15.6. The van der Waals surface area contributed by atoms with Crippen molar-refractivity contribution in [3.05, 3.63) is 23.5 Å². The van der Waals surface area contributed by atoms with E-state index in [1.165, 1.54) is 6.20 Å². The van der Waals surface area contributed by atoms with Crippen molar-refractivity contribution in [1.82, 2.24) is 10.3 Å². The molecular weight excluding hydrogens is 206 g/mol. The Kier molecular flexibility index (Phi) is 3.05. The van der Waals surface area contributed by atoms with Crippen molar-refractivity contribution < 1.29 is 9.53 Å². The second kappa shape index (κ2) is 4.49. The fraction of sp³-hybridized carbons (Fsp3) is 0.455.